The quantitative estimate of drug-likeness (QED) is 0.385. The van der Waals surface area contributed by atoms with Crippen LogP contribution in [-0.2, 0) is 4.74 Å². The van der Waals surface area contributed by atoms with Crippen LogP contribution in [0.3, 0.4) is 0 Å². The summed E-state index contributed by atoms with van der Waals surface area (Å²) in [6.45, 7) is 5.37. The minimum atomic E-state index is -0.860. The molecule has 0 unspecified atom stereocenters. The summed E-state index contributed by atoms with van der Waals surface area (Å²) in [5.41, 5.74) is -1.43. The topological polar surface area (TPSA) is 102 Å². The maximum Gasteiger partial charge on any atom is 0.407 e. The molecule has 2 N–H and O–H groups in total. The number of ether oxygens (including phenoxy) is 1. The fraction of sp³-hybridized carbons (Fsp3) is 0.400. The summed E-state index contributed by atoms with van der Waals surface area (Å²) < 4.78 is 18.6. The minimum Gasteiger partial charge on any atom is -0.502 e. The highest BCUT2D eigenvalue weighted by atomic mass is 19.1. The Morgan fingerprint density at radius 3 is 2.70 bits per heavy atom. The maximum absolute atomic E-state index is 13.5. The fourth-order valence-corrected chi connectivity index (χ4v) is 1.49. The summed E-state index contributed by atoms with van der Waals surface area (Å²) in [7, 11) is 0. The van der Waals surface area contributed by atoms with Crippen LogP contribution in [-0.4, -0.2) is 28.3 Å². The van der Waals surface area contributed by atoms with E-state index in [1.165, 1.54) is 0 Å². The van der Waals surface area contributed by atoms with Gasteiger partial charge >= 0.3 is 11.8 Å². The number of phenolic OH excluding ortho intramolecular Hbond substituents is 1. The van der Waals surface area contributed by atoms with Crippen LogP contribution in [0.25, 0.3) is 0 Å². The summed E-state index contributed by atoms with van der Waals surface area (Å²) in [6, 6.07) is 1.50. The zero-order chi connectivity index (χ0) is 17.6. The first-order valence-electron chi connectivity index (χ1n) is 6.73. The third-order valence-electron chi connectivity index (χ3n) is 2.40. The van der Waals surface area contributed by atoms with Gasteiger partial charge in [0.05, 0.1) is 10.5 Å². The van der Waals surface area contributed by atoms with Crippen LogP contribution in [0.5, 0.6) is 5.75 Å². The average Bonchev–Trinajstić information content (AvgIpc) is 2.38. The van der Waals surface area contributed by atoms with Crippen molar-refractivity contribution in [2.75, 3.05) is 6.54 Å². The zero-order valence-corrected chi connectivity index (χ0v) is 13.0. The van der Waals surface area contributed by atoms with Crippen molar-refractivity contribution < 1.29 is 24.0 Å². The summed E-state index contributed by atoms with van der Waals surface area (Å²) in [5.74, 6) is 3.39. The molecule has 0 aliphatic carbocycles. The lowest BCUT2D eigenvalue weighted by Gasteiger charge is -2.19. The fourth-order valence-electron chi connectivity index (χ4n) is 1.49. The molecule has 23 heavy (non-hydrogen) atoms. The van der Waals surface area contributed by atoms with Crippen molar-refractivity contribution in [3.8, 4) is 17.6 Å². The van der Waals surface area contributed by atoms with E-state index in [0.29, 0.717) is 6.07 Å². The Labute approximate surface area is 132 Å². The summed E-state index contributed by atoms with van der Waals surface area (Å²) >= 11 is 0. The molecule has 0 heterocycles. The Morgan fingerprint density at radius 1 is 1.48 bits per heavy atom. The molecule has 0 saturated carbocycles. The molecular formula is C15H17FN2O5. The van der Waals surface area contributed by atoms with Crippen molar-refractivity contribution in [3.63, 3.8) is 0 Å². The number of benzene rings is 1. The lowest BCUT2D eigenvalue weighted by molar-refractivity contribution is -0.385. The predicted molar refractivity (Wildman–Crippen MR) is 80.5 cm³/mol. The number of halogens is 1. The van der Waals surface area contributed by atoms with E-state index in [1.807, 2.05) is 0 Å². The number of nitro benzene ring substituents is 1. The van der Waals surface area contributed by atoms with Gasteiger partial charge in [-0.2, -0.15) is 0 Å². The van der Waals surface area contributed by atoms with Gasteiger partial charge in [-0.25, -0.2) is 9.18 Å². The number of carbonyl (C=O) groups is 1. The maximum atomic E-state index is 13.5. The molecule has 0 atom stereocenters. The molecule has 0 bridgehead atoms. The van der Waals surface area contributed by atoms with E-state index in [-0.39, 0.29) is 18.5 Å². The molecule has 0 aliphatic heterocycles. The number of hydrogen-bond donors (Lipinski definition) is 2. The Kier molecular flexibility index (Phi) is 5.90. The number of nitro groups is 1. The lowest BCUT2D eigenvalue weighted by atomic mass is 10.1. The highest BCUT2D eigenvalue weighted by Crippen LogP contribution is 2.28. The van der Waals surface area contributed by atoms with Crippen molar-refractivity contribution in [1.82, 2.24) is 5.32 Å². The van der Waals surface area contributed by atoms with Crippen molar-refractivity contribution in [1.29, 1.82) is 0 Å². The molecule has 1 aromatic rings. The number of nitrogens with zero attached hydrogens (tertiary/aromatic N) is 1. The van der Waals surface area contributed by atoms with Gasteiger partial charge in [-0.1, -0.05) is 11.8 Å². The predicted octanol–water partition coefficient (Wildman–Crippen LogP) is 2.71. The summed E-state index contributed by atoms with van der Waals surface area (Å²) in [5, 5.41) is 22.4. The third-order valence-corrected chi connectivity index (χ3v) is 2.40. The van der Waals surface area contributed by atoms with Crippen molar-refractivity contribution in [3.05, 3.63) is 33.6 Å². The molecule has 7 nitrogen and oxygen atoms in total. The van der Waals surface area contributed by atoms with E-state index < -0.39 is 33.9 Å². The molecule has 1 aromatic carbocycles. The van der Waals surface area contributed by atoms with Crippen LogP contribution in [0.1, 0.15) is 32.8 Å². The Morgan fingerprint density at radius 2 is 2.13 bits per heavy atom. The molecule has 0 fully saturated rings. The zero-order valence-electron chi connectivity index (χ0n) is 13.0. The summed E-state index contributed by atoms with van der Waals surface area (Å²) in [4.78, 5) is 21.2. The first-order chi connectivity index (χ1) is 10.6. The van der Waals surface area contributed by atoms with Gasteiger partial charge in [0.25, 0.3) is 0 Å². The van der Waals surface area contributed by atoms with E-state index in [0.717, 1.165) is 6.07 Å². The SMILES string of the molecule is CC(C)(C)OC(=O)NCCC#Cc1cc([N+](=O)[O-])c(O)cc1F. The third kappa shape index (κ3) is 6.22. The second-order valence-corrected chi connectivity index (χ2v) is 5.56. The van der Waals surface area contributed by atoms with E-state index in [9.17, 15) is 24.4 Å². The van der Waals surface area contributed by atoms with Gasteiger partial charge in [-0.05, 0) is 20.8 Å². The smallest absolute Gasteiger partial charge is 0.407 e. The highest BCUT2D eigenvalue weighted by molar-refractivity contribution is 5.67. The molecular weight excluding hydrogens is 307 g/mol. The number of rotatable bonds is 3. The van der Waals surface area contributed by atoms with Crippen LogP contribution in [0.4, 0.5) is 14.9 Å². The van der Waals surface area contributed by atoms with E-state index in [1.54, 1.807) is 20.8 Å². The molecule has 0 radical (unpaired) electrons. The van der Waals surface area contributed by atoms with Crippen molar-refractivity contribution >= 4 is 11.8 Å². The molecule has 8 heteroatoms. The van der Waals surface area contributed by atoms with Crippen molar-refractivity contribution in [2.45, 2.75) is 32.8 Å². The Bertz CT molecular complexity index is 671. The van der Waals surface area contributed by atoms with Crippen LogP contribution in [0, 0.1) is 27.8 Å². The molecule has 0 aliphatic rings. The number of carbonyl (C=O) groups excluding carboxylic acids is 1. The number of aromatic hydroxyl groups is 1. The Balaban J connectivity index is 2.62. The monoisotopic (exact) mass is 324 g/mol. The van der Waals surface area contributed by atoms with E-state index in [4.69, 9.17) is 4.74 Å². The lowest BCUT2D eigenvalue weighted by Crippen LogP contribution is -2.32. The van der Waals surface area contributed by atoms with Gasteiger partial charge in [0.2, 0.25) is 0 Å². The van der Waals surface area contributed by atoms with Crippen LogP contribution in [0.15, 0.2) is 12.1 Å². The van der Waals surface area contributed by atoms with Gasteiger partial charge in [0.15, 0.2) is 5.75 Å². The molecule has 0 saturated heterocycles. The number of hydrogen-bond acceptors (Lipinski definition) is 5. The minimum absolute atomic E-state index is 0.184. The average molecular weight is 324 g/mol. The van der Waals surface area contributed by atoms with Crippen LogP contribution in [0.2, 0.25) is 0 Å². The van der Waals surface area contributed by atoms with Crippen LogP contribution < -0.4 is 5.32 Å². The highest BCUT2D eigenvalue weighted by Gasteiger charge is 2.17. The molecule has 0 spiro atoms. The van der Waals surface area contributed by atoms with Crippen molar-refractivity contribution in [2.24, 2.45) is 0 Å². The standard InChI is InChI=1S/C15H17FN2O5/c1-15(2,3)23-14(20)17-7-5-4-6-10-8-12(18(21)22)13(19)9-11(10)16/h8-9,19H,5,7H2,1-3H3,(H,17,20). The number of alkyl carbamates (subject to hydrolysis) is 1. The van der Waals surface area contributed by atoms with Gasteiger partial charge in [0, 0.05) is 25.1 Å². The second-order valence-electron chi connectivity index (χ2n) is 5.56. The largest absolute Gasteiger partial charge is 0.502 e. The molecule has 124 valence electrons. The molecule has 1 rings (SSSR count). The first-order valence-corrected chi connectivity index (χ1v) is 6.73. The van der Waals surface area contributed by atoms with Gasteiger partial charge in [0.1, 0.15) is 11.4 Å². The van der Waals surface area contributed by atoms with E-state index >= 15 is 0 Å². The van der Waals surface area contributed by atoms with Crippen LogP contribution >= 0.6 is 0 Å². The summed E-state index contributed by atoms with van der Waals surface area (Å²) in [6.07, 6.45) is -0.390. The molecule has 1 amide bonds. The second kappa shape index (κ2) is 7.45. The van der Waals surface area contributed by atoms with Gasteiger partial charge < -0.3 is 15.2 Å². The number of nitrogens with one attached hydrogen (secondary N) is 1. The normalized spacial score (nSPS) is 10.4. The Hall–Kier alpha value is -2.82. The van der Waals surface area contributed by atoms with Gasteiger partial charge in [-0.15, -0.1) is 0 Å². The number of phenols is 1. The number of amides is 1. The van der Waals surface area contributed by atoms with E-state index in [2.05, 4.69) is 17.2 Å². The molecule has 0 aromatic heterocycles. The van der Waals surface area contributed by atoms with Gasteiger partial charge in [-0.3, -0.25) is 10.1 Å². The first kappa shape index (κ1) is 18.2.